The number of hydrogen-bond acceptors (Lipinski definition) is 1. The minimum atomic E-state index is -0.884. The summed E-state index contributed by atoms with van der Waals surface area (Å²) in [6.07, 6.45) is 0. The largest absolute Gasteiger partial charge is 0.381 e. The van der Waals surface area contributed by atoms with Crippen LogP contribution < -0.4 is 5.32 Å². The van der Waals surface area contributed by atoms with Crippen LogP contribution in [0.15, 0.2) is 36.4 Å². The number of rotatable bonds is 3. The lowest BCUT2D eigenvalue weighted by Crippen LogP contribution is -2.02. The Hall–Kier alpha value is -1.97. The summed E-state index contributed by atoms with van der Waals surface area (Å²) in [4.78, 5) is 0. The second-order valence-corrected chi connectivity index (χ2v) is 4.06. The fraction of sp³-hybridized carbons (Fsp3) is 0.143. The minimum absolute atomic E-state index is 0.307. The Morgan fingerprint density at radius 3 is 2.44 bits per heavy atom. The van der Waals surface area contributed by atoms with Gasteiger partial charge in [0.1, 0.15) is 5.82 Å². The van der Waals surface area contributed by atoms with Gasteiger partial charge >= 0.3 is 0 Å². The Balaban J connectivity index is 2.11. The van der Waals surface area contributed by atoms with Crippen molar-refractivity contribution in [3.63, 3.8) is 0 Å². The number of anilines is 1. The van der Waals surface area contributed by atoms with E-state index in [1.807, 2.05) is 6.92 Å². The topological polar surface area (TPSA) is 12.0 Å². The molecule has 2 aromatic carbocycles. The van der Waals surface area contributed by atoms with Crippen molar-refractivity contribution in [2.75, 3.05) is 5.32 Å². The van der Waals surface area contributed by atoms with E-state index in [0.717, 1.165) is 17.7 Å². The van der Waals surface area contributed by atoms with Crippen molar-refractivity contribution in [1.29, 1.82) is 0 Å². The van der Waals surface area contributed by atoms with Crippen molar-refractivity contribution < 1.29 is 13.2 Å². The van der Waals surface area contributed by atoms with Gasteiger partial charge in [-0.2, -0.15) is 0 Å². The van der Waals surface area contributed by atoms with Crippen LogP contribution in [0.3, 0.4) is 0 Å². The summed E-state index contributed by atoms with van der Waals surface area (Å²) in [7, 11) is 0. The highest BCUT2D eigenvalue weighted by atomic mass is 19.2. The van der Waals surface area contributed by atoms with Gasteiger partial charge in [0.05, 0.1) is 0 Å². The molecule has 0 fully saturated rings. The molecule has 0 saturated heterocycles. The molecule has 0 atom stereocenters. The summed E-state index contributed by atoms with van der Waals surface area (Å²) in [5.74, 6) is -2.10. The molecular weight excluding hydrogens is 239 g/mol. The molecule has 1 N–H and O–H groups in total. The van der Waals surface area contributed by atoms with Crippen LogP contribution in [0.25, 0.3) is 0 Å². The van der Waals surface area contributed by atoms with Crippen LogP contribution in [0.1, 0.15) is 11.1 Å². The molecule has 1 nitrogen and oxygen atoms in total. The van der Waals surface area contributed by atoms with E-state index < -0.39 is 11.6 Å². The molecule has 2 rings (SSSR count). The Labute approximate surface area is 103 Å². The van der Waals surface area contributed by atoms with Crippen LogP contribution in [0.5, 0.6) is 0 Å². The van der Waals surface area contributed by atoms with Gasteiger partial charge in [-0.1, -0.05) is 12.1 Å². The molecule has 0 aromatic heterocycles. The maximum absolute atomic E-state index is 13.0. The third-order valence-electron chi connectivity index (χ3n) is 2.67. The molecule has 18 heavy (non-hydrogen) atoms. The Kier molecular flexibility index (Phi) is 3.55. The van der Waals surface area contributed by atoms with E-state index >= 15 is 0 Å². The molecule has 0 spiro atoms. The predicted molar refractivity (Wildman–Crippen MR) is 64.8 cm³/mol. The highest BCUT2D eigenvalue weighted by molar-refractivity contribution is 5.51. The van der Waals surface area contributed by atoms with Crippen molar-refractivity contribution in [1.82, 2.24) is 0 Å². The van der Waals surface area contributed by atoms with E-state index in [0.29, 0.717) is 17.8 Å². The number of halogens is 3. The summed E-state index contributed by atoms with van der Waals surface area (Å²) < 4.78 is 38.8. The first-order valence-electron chi connectivity index (χ1n) is 5.50. The predicted octanol–water partition coefficient (Wildman–Crippen LogP) is 4.02. The average Bonchev–Trinajstić information content (AvgIpc) is 2.34. The fourth-order valence-electron chi connectivity index (χ4n) is 1.63. The SMILES string of the molecule is Cc1ccc(F)cc1NCc1ccc(F)c(F)c1. The summed E-state index contributed by atoms with van der Waals surface area (Å²) in [5, 5.41) is 2.99. The summed E-state index contributed by atoms with van der Waals surface area (Å²) in [6.45, 7) is 2.15. The highest BCUT2D eigenvalue weighted by Crippen LogP contribution is 2.17. The van der Waals surface area contributed by atoms with E-state index in [9.17, 15) is 13.2 Å². The molecule has 4 heteroatoms. The normalized spacial score (nSPS) is 10.4. The van der Waals surface area contributed by atoms with Gasteiger partial charge in [0, 0.05) is 12.2 Å². The number of benzene rings is 2. The van der Waals surface area contributed by atoms with Gasteiger partial charge in [0.25, 0.3) is 0 Å². The first-order chi connectivity index (χ1) is 8.56. The van der Waals surface area contributed by atoms with Crippen molar-refractivity contribution in [3.8, 4) is 0 Å². The minimum Gasteiger partial charge on any atom is -0.381 e. The second kappa shape index (κ2) is 5.12. The van der Waals surface area contributed by atoms with Gasteiger partial charge < -0.3 is 5.32 Å². The average molecular weight is 251 g/mol. The van der Waals surface area contributed by atoms with Crippen molar-refractivity contribution in [3.05, 3.63) is 65.0 Å². The maximum atomic E-state index is 13.0. The van der Waals surface area contributed by atoms with Crippen LogP contribution in [-0.2, 0) is 6.54 Å². The second-order valence-electron chi connectivity index (χ2n) is 4.06. The van der Waals surface area contributed by atoms with Gasteiger partial charge in [0.15, 0.2) is 11.6 Å². The molecule has 0 aliphatic carbocycles. The standard InChI is InChI=1S/C14H12F3N/c1-9-2-4-11(15)7-14(9)18-8-10-3-5-12(16)13(17)6-10/h2-7,18H,8H2,1H3. The molecule has 0 aliphatic heterocycles. The van der Waals surface area contributed by atoms with Crippen molar-refractivity contribution in [2.45, 2.75) is 13.5 Å². The van der Waals surface area contributed by atoms with Gasteiger partial charge in [-0.15, -0.1) is 0 Å². The molecule has 0 bridgehead atoms. The van der Waals surface area contributed by atoms with Gasteiger partial charge in [-0.25, -0.2) is 13.2 Å². The summed E-state index contributed by atoms with van der Waals surface area (Å²) in [6, 6.07) is 8.08. The third-order valence-corrected chi connectivity index (χ3v) is 2.67. The molecule has 0 saturated carbocycles. The Bertz CT molecular complexity index is 567. The third kappa shape index (κ3) is 2.83. The van der Waals surface area contributed by atoms with Crippen LogP contribution in [-0.4, -0.2) is 0 Å². The maximum Gasteiger partial charge on any atom is 0.159 e. The fourth-order valence-corrected chi connectivity index (χ4v) is 1.63. The molecule has 0 radical (unpaired) electrons. The van der Waals surface area contributed by atoms with E-state index in [4.69, 9.17) is 0 Å². The lowest BCUT2D eigenvalue weighted by Gasteiger charge is -2.09. The van der Waals surface area contributed by atoms with Crippen molar-refractivity contribution in [2.24, 2.45) is 0 Å². The quantitative estimate of drug-likeness (QED) is 0.868. The van der Waals surface area contributed by atoms with Crippen LogP contribution in [0.2, 0.25) is 0 Å². The first kappa shape index (κ1) is 12.5. The Morgan fingerprint density at radius 1 is 0.944 bits per heavy atom. The summed E-state index contributed by atoms with van der Waals surface area (Å²) in [5.41, 5.74) is 2.12. The van der Waals surface area contributed by atoms with Gasteiger partial charge in [-0.3, -0.25) is 0 Å². The number of hydrogen-bond donors (Lipinski definition) is 1. The zero-order valence-electron chi connectivity index (χ0n) is 9.81. The molecule has 0 aliphatic rings. The van der Waals surface area contributed by atoms with E-state index in [1.165, 1.54) is 18.2 Å². The van der Waals surface area contributed by atoms with E-state index in [-0.39, 0.29) is 5.82 Å². The lowest BCUT2D eigenvalue weighted by molar-refractivity contribution is 0.507. The molecule has 0 amide bonds. The van der Waals surface area contributed by atoms with E-state index in [1.54, 1.807) is 6.07 Å². The van der Waals surface area contributed by atoms with E-state index in [2.05, 4.69) is 5.32 Å². The number of nitrogens with one attached hydrogen (secondary N) is 1. The first-order valence-corrected chi connectivity index (χ1v) is 5.50. The molecular formula is C14H12F3N. The van der Waals surface area contributed by atoms with Gasteiger partial charge in [0.2, 0.25) is 0 Å². The van der Waals surface area contributed by atoms with Crippen LogP contribution >= 0.6 is 0 Å². The van der Waals surface area contributed by atoms with Crippen molar-refractivity contribution >= 4 is 5.69 Å². The molecule has 94 valence electrons. The molecule has 0 heterocycles. The summed E-state index contributed by atoms with van der Waals surface area (Å²) >= 11 is 0. The lowest BCUT2D eigenvalue weighted by atomic mass is 10.1. The Morgan fingerprint density at radius 2 is 1.72 bits per heavy atom. The molecule has 0 unspecified atom stereocenters. The van der Waals surface area contributed by atoms with Gasteiger partial charge in [-0.05, 0) is 42.3 Å². The number of aryl methyl sites for hydroxylation is 1. The zero-order valence-corrected chi connectivity index (χ0v) is 9.81. The van der Waals surface area contributed by atoms with Crippen LogP contribution in [0, 0.1) is 24.4 Å². The molecule has 2 aromatic rings. The zero-order chi connectivity index (χ0) is 13.1. The highest BCUT2D eigenvalue weighted by Gasteiger charge is 2.04. The van der Waals surface area contributed by atoms with Crippen LogP contribution in [0.4, 0.5) is 18.9 Å². The smallest absolute Gasteiger partial charge is 0.159 e. The monoisotopic (exact) mass is 251 g/mol.